The number of aromatic nitrogens is 2. The van der Waals surface area contributed by atoms with E-state index in [9.17, 15) is 13.2 Å². The van der Waals surface area contributed by atoms with Gasteiger partial charge in [0.25, 0.3) is 5.91 Å². The van der Waals surface area contributed by atoms with E-state index in [0.717, 1.165) is 35.6 Å². The molecular weight excluding hydrogens is 384 g/mol. The fourth-order valence-corrected chi connectivity index (χ4v) is 4.93. The van der Waals surface area contributed by atoms with Crippen LogP contribution in [-0.2, 0) is 16.4 Å². The lowest BCUT2D eigenvalue weighted by Gasteiger charge is -2.30. The molecule has 0 saturated carbocycles. The maximum absolute atomic E-state index is 12.6. The van der Waals surface area contributed by atoms with E-state index in [1.54, 1.807) is 37.3 Å². The number of rotatable bonds is 4. The molecule has 1 aliphatic rings. The fraction of sp³-hybridized carbons (Fsp3) is 0.278. The second-order valence-corrected chi connectivity index (χ2v) is 9.05. The Balaban J connectivity index is 1.59. The van der Waals surface area contributed by atoms with Crippen molar-refractivity contribution in [1.29, 1.82) is 0 Å². The van der Waals surface area contributed by atoms with Gasteiger partial charge >= 0.3 is 0 Å². The molecule has 140 valence electrons. The van der Waals surface area contributed by atoms with Crippen molar-refractivity contribution >= 4 is 50.1 Å². The average molecular weight is 403 g/mol. The van der Waals surface area contributed by atoms with E-state index in [1.165, 1.54) is 4.31 Å². The summed E-state index contributed by atoms with van der Waals surface area (Å²) in [5.41, 5.74) is 4.24. The number of nitrogens with one attached hydrogen (secondary N) is 1. The zero-order chi connectivity index (χ0) is 19.0. The van der Waals surface area contributed by atoms with Crippen LogP contribution >= 0.6 is 11.7 Å². The van der Waals surface area contributed by atoms with Gasteiger partial charge in [-0.2, -0.15) is 8.75 Å². The number of fused-ring (bicyclic) bond motifs is 2. The topological polar surface area (TPSA) is 92.3 Å². The van der Waals surface area contributed by atoms with Crippen LogP contribution in [-0.4, -0.2) is 35.4 Å². The van der Waals surface area contributed by atoms with E-state index < -0.39 is 10.0 Å². The van der Waals surface area contributed by atoms with E-state index in [4.69, 9.17) is 0 Å². The summed E-state index contributed by atoms with van der Waals surface area (Å²) in [5.74, 6) is -0.169. The van der Waals surface area contributed by atoms with Gasteiger partial charge in [0, 0.05) is 17.8 Å². The lowest BCUT2D eigenvalue weighted by Crippen LogP contribution is -2.36. The summed E-state index contributed by atoms with van der Waals surface area (Å²) in [7, 11) is -3.29. The number of nitrogens with zero attached hydrogens (tertiary/aromatic N) is 3. The van der Waals surface area contributed by atoms with Gasteiger partial charge in [-0.05, 0) is 61.7 Å². The van der Waals surface area contributed by atoms with Crippen molar-refractivity contribution in [1.82, 2.24) is 8.75 Å². The Morgan fingerprint density at radius 2 is 2.00 bits per heavy atom. The van der Waals surface area contributed by atoms with Crippen LogP contribution in [0.1, 0.15) is 29.3 Å². The van der Waals surface area contributed by atoms with Gasteiger partial charge in [0.2, 0.25) is 10.0 Å². The highest BCUT2D eigenvalue weighted by Gasteiger charge is 2.26. The van der Waals surface area contributed by atoms with Crippen molar-refractivity contribution in [3.63, 3.8) is 0 Å². The zero-order valence-corrected chi connectivity index (χ0v) is 16.3. The number of sulfonamides is 1. The molecule has 0 saturated heterocycles. The number of carbonyl (C=O) groups is 1. The number of carbonyl (C=O) groups excluding carboxylic acids is 1. The number of hydrogen-bond acceptors (Lipinski definition) is 6. The van der Waals surface area contributed by atoms with Crippen LogP contribution in [0.4, 0.5) is 11.4 Å². The van der Waals surface area contributed by atoms with Crippen molar-refractivity contribution in [2.75, 3.05) is 21.9 Å². The van der Waals surface area contributed by atoms with Crippen molar-refractivity contribution < 1.29 is 13.2 Å². The molecule has 2 heterocycles. The van der Waals surface area contributed by atoms with Gasteiger partial charge in [-0.3, -0.25) is 9.10 Å². The first-order valence-electron chi connectivity index (χ1n) is 8.65. The van der Waals surface area contributed by atoms with Crippen LogP contribution in [0.5, 0.6) is 0 Å². The summed E-state index contributed by atoms with van der Waals surface area (Å²) in [6.07, 6.45) is 1.54. The summed E-state index contributed by atoms with van der Waals surface area (Å²) in [4.78, 5) is 12.6. The van der Waals surface area contributed by atoms with Crippen molar-refractivity contribution in [2.45, 2.75) is 19.8 Å². The van der Waals surface area contributed by atoms with Gasteiger partial charge in [0.05, 0.1) is 23.2 Å². The summed E-state index contributed by atoms with van der Waals surface area (Å²) in [5, 5.41) is 2.88. The van der Waals surface area contributed by atoms with Gasteiger partial charge in [0.1, 0.15) is 11.0 Å². The van der Waals surface area contributed by atoms with Gasteiger partial charge in [-0.15, -0.1) is 0 Å². The largest absolute Gasteiger partial charge is 0.322 e. The number of amides is 1. The Morgan fingerprint density at radius 1 is 1.19 bits per heavy atom. The second kappa shape index (κ2) is 6.90. The van der Waals surface area contributed by atoms with Crippen LogP contribution in [0.25, 0.3) is 11.0 Å². The highest BCUT2D eigenvalue weighted by molar-refractivity contribution is 7.92. The molecule has 3 aromatic rings. The molecule has 1 aliphatic heterocycles. The van der Waals surface area contributed by atoms with E-state index in [-0.39, 0.29) is 11.7 Å². The smallest absolute Gasteiger partial charge is 0.255 e. The molecule has 0 radical (unpaired) electrons. The Kier molecular flexibility index (Phi) is 4.56. The Bertz CT molecular complexity index is 1120. The van der Waals surface area contributed by atoms with Crippen LogP contribution in [0, 0.1) is 0 Å². The number of hydrogen-bond donors (Lipinski definition) is 1. The van der Waals surface area contributed by atoms with Crippen LogP contribution in [0.15, 0.2) is 36.4 Å². The highest BCUT2D eigenvalue weighted by atomic mass is 32.2. The minimum Gasteiger partial charge on any atom is -0.322 e. The molecule has 2 aromatic carbocycles. The van der Waals surface area contributed by atoms with Crippen LogP contribution in [0.3, 0.4) is 0 Å². The molecule has 27 heavy (non-hydrogen) atoms. The molecule has 0 fully saturated rings. The van der Waals surface area contributed by atoms with E-state index in [0.29, 0.717) is 29.0 Å². The second-order valence-electron chi connectivity index (χ2n) is 6.34. The van der Waals surface area contributed by atoms with Gasteiger partial charge in [-0.25, -0.2) is 8.42 Å². The Labute approximate surface area is 161 Å². The molecule has 0 aliphatic carbocycles. The maximum atomic E-state index is 12.6. The summed E-state index contributed by atoms with van der Waals surface area (Å²) >= 11 is 1.11. The van der Waals surface area contributed by atoms with E-state index in [2.05, 4.69) is 14.1 Å². The quantitative estimate of drug-likeness (QED) is 0.724. The average Bonchev–Trinajstić information content (AvgIpc) is 3.15. The predicted molar refractivity (Wildman–Crippen MR) is 107 cm³/mol. The van der Waals surface area contributed by atoms with E-state index >= 15 is 0 Å². The standard InChI is InChI=1S/C18H18N4O3S2/c1-2-27(24,25)22-9-3-4-12-10-14(6-8-17(12)22)19-18(23)13-5-7-15-16(11-13)21-26-20-15/h5-8,10-11H,2-4,9H2,1H3,(H,19,23). The minimum atomic E-state index is -3.29. The predicted octanol–water partition coefficient (Wildman–Crippen LogP) is 3.05. The van der Waals surface area contributed by atoms with Crippen molar-refractivity contribution in [3.05, 3.63) is 47.5 Å². The van der Waals surface area contributed by atoms with Crippen molar-refractivity contribution in [3.8, 4) is 0 Å². The monoisotopic (exact) mass is 402 g/mol. The van der Waals surface area contributed by atoms with Gasteiger partial charge in [0.15, 0.2) is 0 Å². The molecule has 0 bridgehead atoms. The molecule has 0 spiro atoms. The Hall–Kier alpha value is -2.52. The molecular formula is C18H18N4O3S2. The molecule has 1 amide bonds. The summed E-state index contributed by atoms with van der Waals surface area (Å²) in [6.45, 7) is 2.14. The zero-order valence-electron chi connectivity index (χ0n) is 14.7. The third kappa shape index (κ3) is 3.40. The van der Waals surface area contributed by atoms with Gasteiger partial charge in [-0.1, -0.05) is 0 Å². The highest BCUT2D eigenvalue weighted by Crippen LogP contribution is 2.32. The normalized spacial score (nSPS) is 14.2. The first-order chi connectivity index (χ1) is 13.0. The van der Waals surface area contributed by atoms with Crippen LogP contribution in [0.2, 0.25) is 0 Å². The molecule has 0 unspecified atom stereocenters. The molecule has 7 nitrogen and oxygen atoms in total. The van der Waals surface area contributed by atoms with Gasteiger partial charge < -0.3 is 5.32 Å². The third-order valence-corrected chi connectivity index (χ3v) is 6.97. The first-order valence-corrected chi connectivity index (χ1v) is 11.0. The third-order valence-electron chi connectivity index (χ3n) is 4.63. The summed E-state index contributed by atoms with van der Waals surface area (Å²) < 4.78 is 34.3. The molecule has 1 N–H and O–H groups in total. The number of benzene rings is 2. The lowest BCUT2D eigenvalue weighted by molar-refractivity contribution is 0.102. The number of aryl methyl sites for hydroxylation is 1. The van der Waals surface area contributed by atoms with Crippen molar-refractivity contribution in [2.24, 2.45) is 0 Å². The molecule has 1 aromatic heterocycles. The summed E-state index contributed by atoms with van der Waals surface area (Å²) in [6, 6.07) is 10.6. The van der Waals surface area contributed by atoms with E-state index in [1.807, 2.05) is 6.07 Å². The minimum absolute atomic E-state index is 0.0683. The Morgan fingerprint density at radius 3 is 2.81 bits per heavy atom. The lowest BCUT2D eigenvalue weighted by atomic mass is 10.0. The van der Waals surface area contributed by atoms with Crippen LogP contribution < -0.4 is 9.62 Å². The number of anilines is 2. The maximum Gasteiger partial charge on any atom is 0.255 e. The molecule has 0 atom stereocenters. The fourth-order valence-electron chi connectivity index (χ4n) is 3.21. The first kappa shape index (κ1) is 17.9. The molecule has 9 heteroatoms. The SMILES string of the molecule is CCS(=O)(=O)N1CCCc2cc(NC(=O)c3ccc4nsnc4c3)ccc21. The molecule has 4 rings (SSSR count).